The minimum absolute atomic E-state index is 0.218. The van der Waals surface area contributed by atoms with E-state index in [1.807, 2.05) is 0 Å². The highest BCUT2D eigenvalue weighted by Crippen LogP contribution is 2.01. The number of carbonyl (C=O) groups is 1. The third kappa shape index (κ3) is 1.22. The molecule has 0 aliphatic heterocycles. The molecule has 0 amide bonds. The summed E-state index contributed by atoms with van der Waals surface area (Å²) < 4.78 is 4.80. The molecule has 0 aliphatic rings. The molecule has 52 valence electrons. The molecule has 1 aromatic rings. The van der Waals surface area contributed by atoms with E-state index in [1.54, 1.807) is 0 Å². The van der Waals surface area contributed by atoms with Crippen LogP contribution in [-0.2, 0) is 0 Å². The lowest BCUT2D eigenvalue weighted by Gasteiger charge is -1.78. The Hall–Kier alpha value is -1.58. The Morgan fingerprint density at radius 2 is 2.20 bits per heavy atom. The van der Waals surface area contributed by atoms with Crippen molar-refractivity contribution in [2.75, 3.05) is 0 Å². The molecule has 0 fully saturated rings. The molecule has 0 aromatic carbocycles. The number of hydrogen-bond acceptors (Lipinski definition) is 4. The molecule has 0 spiro atoms. The molecule has 1 aromatic heterocycles. The van der Waals surface area contributed by atoms with Crippen LogP contribution in [0.15, 0.2) is 21.7 Å². The molecular weight excluding hydrogens is 134 g/mol. The Labute approximate surface area is 56.8 Å². The molecule has 4 nitrogen and oxygen atoms in total. The second-order valence-corrected chi connectivity index (χ2v) is 1.60. The molecule has 0 aliphatic carbocycles. The van der Waals surface area contributed by atoms with Gasteiger partial charge in [0.1, 0.15) is 12.0 Å². The highest BCUT2D eigenvalue weighted by atomic mass is 16.4. The number of furan rings is 1. The molecule has 0 bridgehead atoms. The number of nitrogens with zero attached hydrogens (tertiary/aromatic N) is 1. The monoisotopic (exact) mass is 139 g/mol. The molecule has 0 atom stereocenters. The fourth-order valence-electron chi connectivity index (χ4n) is 0.558. The van der Waals surface area contributed by atoms with Crippen molar-refractivity contribution in [1.82, 2.24) is 0 Å². The largest absolute Gasteiger partial charge is 0.452 e. The average molecular weight is 139 g/mol. The maximum absolute atomic E-state index is 10.0. The SMILES string of the molecule is O=Cc1ccc(C=NO)o1. The van der Waals surface area contributed by atoms with Crippen LogP contribution in [0.2, 0.25) is 0 Å². The zero-order chi connectivity index (χ0) is 7.40. The van der Waals surface area contributed by atoms with Crippen molar-refractivity contribution < 1.29 is 14.4 Å². The van der Waals surface area contributed by atoms with Gasteiger partial charge in [-0.15, -0.1) is 0 Å². The minimum Gasteiger partial charge on any atom is -0.452 e. The van der Waals surface area contributed by atoms with Crippen LogP contribution in [-0.4, -0.2) is 17.7 Å². The average Bonchev–Trinajstić information content (AvgIpc) is 2.37. The Kier molecular flexibility index (Phi) is 1.84. The van der Waals surface area contributed by atoms with E-state index in [-0.39, 0.29) is 5.76 Å². The zero-order valence-electron chi connectivity index (χ0n) is 5.02. The van der Waals surface area contributed by atoms with Crippen molar-refractivity contribution >= 4 is 12.5 Å². The maximum atomic E-state index is 10.0. The summed E-state index contributed by atoms with van der Waals surface area (Å²) >= 11 is 0. The highest BCUT2D eigenvalue weighted by molar-refractivity contribution is 5.78. The summed E-state index contributed by atoms with van der Waals surface area (Å²) in [5, 5.41) is 10.7. The second-order valence-electron chi connectivity index (χ2n) is 1.60. The molecular formula is C6H5NO3. The van der Waals surface area contributed by atoms with Crippen molar-refractivity contribution in [1.29, 1.82) is 0 Å². The van der Waals surface area contributed by atoms with Crippen LogP contribution in [0.25, 0.3) is 0 Å². The molecule has 1 N–H and O–H groups in total. The number of carbonyl (C=O) groups excluding carboxylic acids is 1. The van der Waals surface area contributed by atoms with Crippen LogP contribution in [0.1, 0.15) is 16.3 Å². The Balaban J connectivity index is 2.87. The van der Waals surface area contributed by atoms with Gasteiger partial charge >= 0.3 is 0 Å². The molecule has 0 radical (unpaired) electrons. The predicted octanol–water partition coefficient (Wildman–Crippen LogP) is 0.900. The van der Waals surface area contributed by atoms with Crippen molar-refractivity contribution in [2.45, 2.75) is 0 Å². The van der Waals surface area contributed by atoms with E-state index >= 15 is 0 Å². The molecule has 0 unspecified atom stereocenters. The normalized spacial score (nSPS) is 10.4. The van der Waals surface area contributed by atoms with Gasteiger partial charge in [-0.05, 0) is 12.1 Å². The lowest BCUT2D eigenvalue weighted by atomic mass is 10.4. The molecule has 4 heteroatoms. The van der Waals surface area contributed by atoms with Crippen LogP contribution in [0.3, 0.4) is 0 Å². The highest BCUT2D eigenvalue weighted by Gasteiger charge is 1.95. The summed E-state index contributed by atoms with van der Waals surface area (Å²) in [4.78, 5) is 10.0. The Bertz CT molecular complexity index is 251. The summed E-state index contributed by atoms with van der Waals surface area (Å²) in [6.45, 7) is 0. The van der Waals surface area contributed by atoms with E-state index in [4.69, 9.17) is 9.62 Å². The van der Waals surface area contributed by atoms with E-state index in [0.717, 1.165) is 6.21 Å². The fourth-order valence-corrected chi connectivity index (χ4v) is 0.558. The van der Waals surface area contributed by atoms with E-state index < -0.39 is 0 Å². The van der Waals surface area contributed by atoms with Crippen molar-refractivity contribution in [3.05, 3.63) is 23.7 Å². The van der Waals surface area contributed by atoms with Gasteiger partial charge in [0.15, 0.2) is 12.0 Å². The summed E-state index contributed by atoms with van der Waals surface area (Å²) in [5.74, 6) is 0.569. The zero-order valence-corrected chi connectivity index (χ0v) is 5.02. The lowest BCUT2D eigenvalue weighted by molar-refractivity contribution is 0.110. The van der Waals surface area contributed by atoms with Gasteiger partial charge in [0.25, 0.3) is 0 Å². The second kappa shape index (κ2) is 2.82. The predicted molar refractivity (Wildman–Crippen MR) is 33.5 cm³/mol. The quantitative estimate of drug-likeness (QED) is 0.286. The van der Waals surface area contributed by atoms with Crippen molar-refractivity contribution in [3.63, 3.8) is 0 Å². The van der Waals surface area contributed by atoms with Crippen molar-refractivity contribution in [2.24, 2.45) is 5.16 Å². The first kappa shape index (κ1) is 6.54. The molecule has 0 saturated heterocycles. The van der Waals surface area contributed by atoms with Gasteiger partial charge in [-0.1, -0.05) is 5.16 Å². The van der Waals surface area contributed by atoms with Crippen molar-refractivity contribution in [3.8, 4) is 0 Å². The van der Waals surface area contributed by atoms with Gasteiger partial charge in [-0.25, -0.2) is 0 Å². The van der Waals surface area contributed by atoms with Gasteiger partial charge < -0.3 is 9.62 Å². The molecule has 1 rings (SSSR count). The Morgan fingerprint density at radius 1 is 1.50 bits per heavy atom. The van der Waals surface area contributed by atoms with Crippen LogP contribution in [0.4, 0.5) is 0 Å². The number of hydrogen-bond donors (Lipinski definition) is 1. The van der Waals surface area contributed by atoms with E-state index in [0.29, 0.717) is 12.0 Å². The summed E-state index contributed by atoms with van der Waals surface area (Å²) in [7, 11) is 0. The number of rotatable bonds is 2. The van der Waals surface area contributed by atoms with Gasteiger partial charge in [0.05, 0.1) is 0 Å². The van der Waals surface area contributed by atoms with E-state index in [1.165, 1.54) is 12.1 Å². The molecule has 0 saturated carbocycles. The number of oxime groups is 1. The first-order valence-electron chi connectivity index (χ1n) is 2.59. The summed E-state index contributed by atoms with van der Waals surface area (Å²) in [6, 6.07) is 3.02. The van der Waals surface area contributed by atoms with Crippen LogP contribution >= 0.6 is 0 Å². The fraction of sp³-hybridized carbons (Fsp3) is 0. The standard InChI is InChI=1S/C6H5NO3/c8-4-6-2-1-5(10-6)3-7-9/h1-4,9H. The molecule has 10 heavy (non-hydrogen) atoms. The van der Waals surface area contributed by atoms with Gasteiger partial charge in [0, 0.05) is 0 Å². The summed E-state index contributed by atoms with van der Waals surface area (Å²) in [6.07, 6.45) is 1.68. The minimum atomic E-state index is 0.218. The first-order valence-corrected chi connectivity index (χ1v) is 2.59. The van der Waals surface area contributed by atoms with Crippen LogP contribution in [0, 0.1) is 0 Å². The third-order valence-corrected chi connectivity index (χ3v) is 0.949. The molecule has 1 heterocycles. The maximum Gasteiger partial charge on any atom is 0.185 e. The third-order valence-electron chi connectivity index (χ3n) is 0.949. The smallest absolute Gasteiger partial charge is 0.185 e. The van der Waals surface area contributed by atoms with Crippen LogP contribution < -0.4 is 0 Å². The summed E-state index contributed by atoms with van der Waals surface area (Å²) in [5.41, 5.74) is 0. The Morgan fingerprint density at radius 3 is 2.70 bits per heavy atom. The first-order chi connectivity index (χ1) is 4.86. The lowest BCUT2D eigenvalue weighted by Crippen LogP contribution is -1.73. The van der Waals surface area contributed by atoms with Gasteiger partial charge in [-0.3, -0.25) is 4.79 Å². The van der Waals surface area contributed by atoms with Gasteiger partial charge in [-0.2, -0.15) is 0 Å². The van der Waals surface area contributed by atoms with E-state index in [2.05, 4.69) is 5.16 Å². The van der Waals surface area contributed by atoms with Gasteiger partial charge in [0.2, 0.25) is 0 Å². The van der Waals surface area contributed by atoms with Crippen LogP contribution in [0.5, 0.6) is 0 Å². The number of aldehydes is 1. The topological polar surface area (TPSA) is 62.8 Å². The van der Waals surface area contributed by atoms with E-state index in [9.17, 15) is 4.79 Å².